The maximum absolute atomic E-state index is 14.4. The van der Waals surface area contributed by atoms with Crippen LogP contribution in [0.4, 0.5) is 4.39 Å². The molecule has 2 aromatic rings. The van der Waals surface area contributed by atoms with Gasteiger partial charge in [-0.05, 0) is 49.9 Å². The fourth-order valence-electron chi connectivity index (χ4n) is 5.51. The number of benzene rings is 1. The number of likely N-dealkylation sites (tertiary alicyclic amines) is 1. The number of amides is 1. The lowest BCUT2D eigenvalue weighted by Crippen LogP contribution is -2.48. The molecule has 4 atom stereocenters. The zero-order valence-corrected chi connectivity index (χ0v) is 21.9. The van der Waals surface area contributed by atoms with Crippen molar-refractivity contribution in [3.8, 4) is 17.1 Å². The molecule has 0 spiro atoms. The molecule has 2 unspecified atom stereocenters. The van der Waals surface area contributed by atoms with E-state index in [1.807, 2.05) is 6.92 Å². The Bertz CT molecular complexity index is 1330. The van der Waals surface area contributed by atoms with Gasteiger partial charge in [-0.15, -0.1) is 0 Å². The fraction of sp³-hybridized carbons (Fsp3) is 0.444. The van der Waals surface area contributed by atoms with Crippen molar-refractivity contribution in [2.75, 3.05) is 26.9 Å². The van der Waals surface area contributed by atoms with Gasteiger partial charge in [-0.25, -0.2) is 19.4 Å². The molecule has 3 aliphatic heterocycles. The number of guanidine groups is 1. The molecule has 12 heteroatoms. The van der Waals surface area contributed by atoms with Gasteiger partial charge in [0.2, 0.25) is 11.8 Å². The van der Waals surface area contributed by atoms with E-state index < -0.39 is 11.9 Å². The van der Waals surface area contributed by atoms with Crippen LogP contribution in [0.3, 0.4) is 0 Å². The number of aromatic nitrogens is 1. The second-order valence-electron chi connectivity index (χ2n) is 9.80. The number of aliphatic hydroxyl groups is 1. The molecule has 1 fully saturated rings. The largest absolute Gasteiger partial charge is 0.481 e. The number of carbonyl (C=O) groups is 1. The summed E-state index contributed by atoms with van der Waals surface area (Å²) < 4.78 is 19.7. The maximum atomic E-state index is 14.4. The van der Waals surface area contributed by atoms with Crippen LogP contribution in [-0.2, 0) is 9.63 Å². The van der Waals surface area contributed by atoms with E-state index in [1.165, 1.54) is 19.2 Å². The average molecular weight is 538 g/mol. The van der Waals surface area contributed by atoms with E-state index in [-0.39, 0.29) is 43.1 Å². The first-order valence-electron chi connectivity index (χ1n) is 12.9. The Hall–Kier alpha value is -3.90. The zero-order chi connectivity index (χ0) is 27.5. The first kappa shape index (κ1) is 26.7. The molecule has 0 bridgehead atoms. The maximum Gasteiger partial charge on any atom is 0.251 e. The summed E-state index contributed by atoms with van der Waals surface area (Å²) in [6.45, 7) is 2.14. The first-order chi connectivity index (χ1) is 18.9. The standard InChI is InChI=1S/C27H32FN7O4/c1-15-25-22(33-27(29)30-15)12-21(32-26(25)34-39-14-24(37)35-10-4-5-17(35)13-36)18-9-8-16(28)11-19(18)20-6-3-7-23(31-20)38-2/h3,6-9,11,17,21-22,25,36H,4-5,10,12-14H2,1-2H3,(H2,29,33)(H,32,34)/t17-,21?,22+,25?/m0/s1. The van der Waals surface area contributed by atoms with Crippen LogP contribution in [0.25, 0.3) is 11.3 Å². The number of carbonyl (C=O) groups excluding carboxylic acids is 1. The predicted molar refractivity (Wildman–Crippen MR) is 144 cm³/mol. The molecule has 4 N–H and O–H groups in total. The predicted octanol–water partition coefficient (Wildman–Crippen LogP) is 2.02. The quantitative estimate of drug-likeness (QED) is 0.458. The lowest BCUT2D eigenvalue weighted by atomic mass is 9.82. The third-order valence-electron chi connectivity index (χ3n) is 7.34. The molecule has 1 aromatic carbocycles. The number of hydroxylamine groups is 1. The van der Waals surface area contributed by atoms with Crippen LogP contribution < -0.4 is 16.0 Å². The van der Waals surface area contributed by atoms with E-state index in [1.54, 1.807) is 29.2 Å². The molecule has 0 radical (unpaired) electrons. The van der Waals surface area contributed by atoms with Crippen LogP contribution in [0.15, 0.2) is 51.4 Å². The second-order valence-corrected chi connectivity index (χ2v) is 9.80. The average Bonchev–Trinajstić information content (AvgIpc) is 3.41. The smallest absolute Gasteiger partial charge is 0.251 e. The van der Waals surface area contributed by atoms with Crippen LogP contribution in [0.1, 0.15) is 37.8 Å². The summed E-state index contributed by atoms with van der Waals surface area (Å²) in [6.07, 6.45) is 2.11. The van der Waals surface area contributed by atoms with Gasteiger partial charge in [-0.3, -0.25) is 20.1 Å². The van der Waals surface area contributed by atoms with Crippen LogP contribution in [0, 0.1) is 11.7 Å². The number of nitrogens with one attached hydrogen (secondary N) is 1. The zero-order valence-electron chi connectivity index (χ0n) is 21.9. The van der Waals surface area contributed by atoms with E-state index in [2.05, 4.69) is 20.4 Å². The van der Waals surface area contributed by atoms with Gasteiger partial charge >= 0.3 is 0 Å². The normalized spacial score (nSPS) is 24.4. The van der Waals surface area contributed by atoms with Crippen molar-refractivity contribution in [1.29, 1.82) is 0 Å². The number of aliphatic imine (C=N–C) groups is 3. The van der Waals surface area contributed by atoms with Crippen molar-refractivity contribution < 1.29 is 23.9 Å². The molecule has 206 valence electrons. The van der Waals surface area contributed by atoms with Gasteiger partial charge in [0, 0.05) is 23.9 Å². The summed E-state index contributed by atoms with van der Waals surface area (Å²) in [5.41, 5.74) is 11.5. The van der Waals surface area contributed by atoms with Gasteiger partial charge in [0.15, 0.2) is 6.61 Å². The van der Waals surface area contributed by atoms with Crippen molar-refractivity contribution in [3.05, 3.63) is 47.8 Å². The molecule has 39 heavy (non-hydrogen) atoms. The van der Waals surface area contributed by atoms with Gasteiger partial charge in [0.1, 0.15) is 11.7 Å². The van der Waals surface area contributed by atoms with E-state index in [0.717, 1.165) is 24.1 Å². The molecule has 1 saturated heterocycles. The highest BCUT2D eigenvalue weighted by Crippen LogP contribution is 2.39. The van der Waals surface area contributed by atoms with Gasteiger partial charge in [0.05, 0.1) is 43.5 Å². The van der Waals surface area contributed by atoms with E-state index in [0.29, 0.717) is 35.9 Å². The molecular formula is C27H32FN7O4. The van der Waals surface area contributed by atoms with E-state index in [9.17, 15) is 14.3 Å². The molecule has 11 nitrogen and oxygen atoms in total. The molecule has 1 aromatic heterocycles. The second kappa shape index (κ2) is 11.5. The molecule has 0 aliphatic carbocycles. The number of nitrogens with two attached hydrogens (primary N) is 1. The minimum atomic E-state index is -0.434. The van der Waals surface area contributed by atoms with E-state index in [4.69, 9.17) is 20.3 Å². The Morgan fingerprint density at radius 1 is 1.28 bits per heavy atom. The number of ether oxygens (including phenoxy) is 1. The summed E-state index contributed by atoms with van der Waals surface area (Å²) >= 11 is 0. The number of nitrogens with zero attached hydrogens (tertiary/aromatic N) is 5. The van der Waals surface area contributed by atoms with Gasteiger partial charge in [-0.2, -0.15) is 0 Å². The Balaban J connectivity index is 1.44. The summed E-state index contributed by atoms with van der Waals surface area (Å²) in [4.78, 5) is 38.3. The van der Waals surface area contributed by atoms with Crippen molar-refractivity contribution in [2.24, 2.45) is 26.6 Å². The van der Waals surface area contributed by atoms with Crippen LogP contribution >= 0.6 is 0 Å². The minimum Gasteiger partial charge on any atom is -0.481 e. The lowest BCUT2D eigenvalue weighted by Gasteiger charge is -2.35. The Morgan fingerprint density at radius 2 is 2.13 bits per heavy atom. The van der Waals surface area contributed by atoms with Gasteiger partial charge in [0.25, 0.3) is 5.91 Å². The van der Waals surface area contributed by atoms with Crippen LogP contribution in [0.5, 0.6) is 5.88 Å². The molecule has 0 saturated carbocycles. The number of aliphatic hydroxyl groups excluding tert-OH is 1. The highest BCUT2D eigenvalue weighted by molar-refractivity contribution is 6.11. The highest BCUT2D eigenvalue weighted by Gasteiger charge is 2.39. The number of hydrogen-bond acceptors (Lipinski definition) is 10. The fourth-order valence-corrected chi connectivity index (χ4v) is 5.51. The van der Waals surface area contributed by atoms with Crippen molar-refractivity contribution in [3.63, 3.8) is 0 Å². The highest BCUT2D eigenvalue weighted by atomic mass is 19.1. The Kier molecular flexibility index (Phi) is 7.84. The summed E-state index contributed by atoms with van der Waals surface area (Å²) in [6, 6.07) is 8.91. The number of fused-ring (bicyclic) bond motifs is 1. The SMILES string of the molecule is COc1cccc(-c2cc(F)ccc2C2C[C@H]3N=C(N)N=C(C)C3C(NOCC(=O)N3CCC[C@H]3CO)=N2)n1. The third kappa shape index (κ3) is 5.62. The summed E-state index contributed by atoms with van der Waals surface area (Å²) in [7, 11) is 1.52. The van der Waals surface area contributed by atoms with Crippen molar-refractivity contribution in [2.45, 2.75) is 44.3 Å². The minimum absolute atomic E-state index is 0.0749. The van der Waals surface area contributed by atoms with Crippen LogP contribution in [0.2, 0.25) is 0 Å². The van der Waals surface area contributed by atoms with E-state index >= 15 is 0 Å². The van der Waals surface area contributed by atoms with Crippen LogP contribution in [-0.4, -0.2) is 77.4 Å². The number of methoxy groups -OCH3 is 1. The third-order valence-corrected chi connectivity index (χ3v) is 7.34. The lowest BCUT2D eigenvalue weighted by molar-refractivity contribution is -0.139. The molecule has 3 aliphatic rings. The molecule has 5 rings (SSSR count). The number of hydrogen-bond donors (Lipinski definition) is 3. The van der Waals surface area contributed by atoms with Crippen molar-refractivity contribution >= 4 is 23.4 Å². The number of pyridine rings is 1. The number of amidine groups is 1. The summed E-state index contributed by atoms with van der Waals surface area (Å²) in [5, 5.41) is 9.54. The number of rotatable bonds is 7. The monoisotopic (exact) mass is 537 g/mol. The Morgan fingerprint density at radius 3 is 2.92 bits per heavy atom. The number of halogens is 1. The molecular weight excluding hydrogens is 505 g/mol. The topological polar surface area (TPSA) is 147 Å². The Labute approximate surface area is 225 Å². The molecule has 1 amide bonds. The molecule has 4 heterocycles. The van der Waals surface area contributed by atoms with Gasteiger partial charge < -0.3 is 20.5 Å². The van der Waals surface area contributed by atoms with Gasteiger partial charge in [-0.1, -0.05) is 12.1 Å². The summed E-state index contributed by atoms with van der Waals surface area (Å²) in [5.74, 6) is 0.109. The first-order valence-corrected chi connectivity index (χ1v) is 12.9. The van der Waals surface area contributed by atoms with Crippen molar-refractivity contribution in [1.82, 2.24) is 15.4 Å².